The number of aryl methyl sites for hydroxylation is 1. The van der Waals surface area contributed by atoms with E-state index in [4.69, 9.17) is 0 Å². The predicted octanol–water partition coefficient (Wildman–Crippen LogP) is 5.17. The third-order valence-corrected chi connectivity index (χ3v) is 4.95. The van der Waals surface area contributed by atoms with Gasteiger partial charge in [-0.05, 0) is 38.5 Å². The third-order valence-electron chi connectivity index (χ3n) is 4.20. The van der Waals surface area contributed by atoms with Gasteiger partial charge >= 0.3 is 0 Å². The van der Waals surface area contributed by atoms with Gasteiger partial charge in [0.25, 0.3) is 5.91 Å². The summed E-state index contributed by atoms with van der Waals surface area (Å²) in [6.45, 7) is 7.17. The summed E-state index contributed by atoms with van der Waals surface area (Å²) in [6, 6.07) is 4.93. The monoisotopic (exact) mass is 375 g/mol. The minimum atomic E-state index is -0.901. The highest BCUT2D eigenvalue weighted by Crippen LogP contribution is 2.30. The van der Waals surface area contributed by atoms with Crippen LogP contribution in [0.25, 0.3) is 11.3 Å². The van der Waals surface area contributed by atoms with Crippen molar-refractivity contribution in [3.05, 3.63) is 58.2 Å². The Labute approximate surface area is 154 Å². The number of amides is 1. The van der Waals surface area contributed by atoms with Gasteiger partial charge < -0.3 is 4.57 Å². The first-order valence-corrected chi connectivity index (χ1v) is 9.17. The maximum atomic E-state index is 13.7. The van der Waals surface area contributed by atoms with Crippen LogP contribution in [-0.4, -0.2) is 15.5 Å². The molecule has 0 spiro atoms. The number of carbonyl (C=O) groups excluding carboxylic acids is 1. The molecule has 0 atom stereocenters. The summed E-state index contributed by atoms with van der Waals surface area (Å²) in [5.41, 5.74) is 3.84. The van der Waals surface area contributed by atoms with E-state index in [9.17, 15) is 13.6 Å². The molecule has 0 aliphatic carbocycles. The number of aromatic nitrogens is 2. The zero-order chi connectivity index (χ0) is 18.8. The van der Waals surface area contributed by atoms with Crippen molar-refractivity contribution in [1.82, 2.24) is 9.55 Å². The first-order valence-electron chi connectivity index (χ1n) is 8.29. The molecule has 4 nitrogen and oxygen atoms in total. The Balaban J connectivity index is 1.82. The molecule has 3 aromatic rings. The number of halogens is 2. The summed E-state index contributed by atoms with van der Waals surface area (Å²) in [4.78, 5) is 16.6. The summed E-state index contributed by atoms with van der Waals surface area (Å²) < 4.78 is 28.9. The van der Waals surface area contributed by atoms with Crippen molar-refractivity contribution in [2.75, 3.05) is 5.32 Å². The molecule has 1 aromatic carbocycles. The van der Waals surface area contributed by atoms with Crippen LogP contribution in [0, 0.1) is 25.5 Å². The molecule has 1 N–H and O–H groups in total. The van der Waals surface area contributed by atoms with Gasteiger partial charge in [0, 0.05) is 34.9 Å². The van der Waals surface area contributed by atoms with E-state index in [2.05, 4.69) is 34.8 Å². The van der Waals surface area contributed by atoms with Gasteiger partial charge in [-0.15, -0.1) is 11.3 Å². The van der Waals surface area contributed by atoms with Crippen molar-refractivity contribution >= 4 is 22.4 Å². The van der Waals surface area contributed by atoms with Gasteiger partial charge in [0.1, 0.15) is 11.6 Å². The molecule has 0 saturated carbocycles. The van der Waals surface area contributed by atoms with Crippen molar-refractivity contribution < 1.29 is 13.6 Å². The van der Waals surface area contributed by atoms with Gasteiger partial charge in [0.05, 0.1) is 11.3 Å². The zero-order valence-corrected chi connectivity index (χ0v) is 15.6. The van der Waals surface area contributed by atoms with Gasteiger partial charge in [-0.25, -0.2) is 13.8 Å². The maximum absolute atomic E-state index is 13.7. The Kier molecular flexibility index (Phi) is 5.18. The van der Waals surface area contributed by atoms with Crippen molar-refractivity contribution in [2.45, 2.75) is 33.7 Å². The molecule has 0 aliphatic rings. The number of benzene rings is 1. The van der Waals surface area contributed by atoms with Crippen LogP contribution in [0.1, 0.15) is 35.1 Å². The van der Waals surface area contributed by atoms with E-state index in [1.54, 1.807) is 0 Å². The number of rotatable bonds is 5. The summed E-state index contributed by atoms with van der Waals surface area (Å²) >= 11 is 1.26. The fraction of sp³-hybridized carbons (Fsp3) is 0.263. The average molecular weight is 375 g/mol. The molecule has 7 heteroatoms. The molecular formula is C19H19F2N3OS. The summed E-state index contributed by atoms with van der Waals surface area (Å²) in [6.07, 6.45) is 1.04. The largest absolute Gasteiger partial charge is 0.348 e. The topological polar surface area (TPSA) is 46.9 Å². The Bertz CT molecular complexity index is 962. The average Bonchev–Trinajstić information content (AvgIpc) is 3.14. The number of thiazole rings is 1. The van der Waals surface area contributed by atoms with E-state index >= 15 is 0 Å². The lowest BCUT2D eigenvalue weighted by atomic mass is 10.2. The fourth-order valence-corrected chi connectivity index (χ4v) is 3.63. The van der Waals surface area contributed by atoms with E-state index in [0.29, 0.717) is 11.2 Å². The van der Waals surface area contributed by atoms with Crippen LogP contribution in [0.15, 0.2) is 29.6 Å². The van der Waals surface area contributed by atoms with Gasteiger partial charge in [-0.1, -0.05) is 6.92 Å². The smallest absolute Gasteiger partial charge is 0.260 e. The number of carbonyl (C=O) groups is 1. The molecule has 136 valence electrons. The lowest BCUT2D eigenvalue weighted by Gasteiger charge is -2.07. The van der Waals surface area contributed by atoms with Gasteiger partial charge in [0.2, 0.25) is 0 Å². The van der Waals surface area contributed by atoms with E-state index in [1.807, 2.05) is 12.3 Å². The molecule has 2 heterocycles. The van der Waals surface area contributed by atoms with Gasteiger partial charge in [0.15, 0.2) is 5.13 Å². The van der Waals surface area contributed by atoms with Crippen LogP contribution in [0.3, 0.4) is 0 Å². The third kappa shape index (κ3) is 3.53. The van der Waals surface area contributed by atoms with Gasteiger partial charge in [-0.2, -0.15) is 0 Å². The van der Waals surface area contributed by atoms with E-state index < -0.39 is 17.5 Å². The van der Waals surface area contributed by atoms with Crippen LogP contribution in [0.4, 0.5) is 13.9 Å². The minimum absolute atomic E-state index is 0.218. The van der Waals surface area contributed by atoms with Crippen molar-refractivity contribution in [2.24, 2.45) is 0 Å². The molecule has 0 bridgehead atoms. The normalized spacial score (nSPS) is 11.0. The Hall–Kier alpha value is -2.54. The number of nitrogens with one attached hydrogen (secondary N) is 1. The van der Waals surface area contributed by atoms with Crippen molar-refractivity contribution in [3.63, 3.8) is 0 Å². The Morgan fingerprint density at radius 3 is 2.73 bits per heavy atom. The van der Waals surface area contributed by atoms with Crippen LogP contribution < -0.4 is 5.32 Å². The lowest BCUT2D eigenvalue weighted by Crippen LogP contribution is -2.13. The molecule has 3 rings (SSSR count). The van der Waals surface area contributed by atoms with Crippen molar-refractivity contribution in [3.8, 4) is 11.3 Å². The highest BCUT2D eigenvalue weighted by molar-refractivity contribution is 7.14. The van der Waals surface area contributed by atoms with E-state index in [-0.39, 0.29) is 5.56 Å². The summed E-state index contributed by atoms with van der Waals surface area (Å²) in [7, 11) is 0. The minimum Gasteiger partial charge on any atom is -0.348 e. The number of hydrogen-bond donors (Lipinski definition) is 1. The van der Waals surface area contributed by atoms with E-state index in [0.717, 1.165) is 47.7 Å². The van der Waals surface area contributed by atoms with Gasteiger partial charge in [-0.3, -0.25) is 10.1 Å². The molecule has 26 heavy (non-hydrogen) atoms. The molecule has 0 unspecified atom stereocenters. The summed E-state index contributed by atoms with van der Waals surface area (Å²) in [5.74, 6) is -2.28. The molecule has 0 aliphatic heterocycles. The lowest BCUT2D eigenvalue weighted by molar-refractivity contribution is 0.102. The number of hydrogen-bond acceptors (Lipinski definition) is 3. The Morgan fingerprint density at radius 2 is 2.04 bits per heavy atom. The van der Waals surface area contributed by atoms with E-state index in [1.165, 1.54) is 11.3 Å². The standard InChI is InChI=1S/C19H19F2N3OS/c1-4-7-24-11(2)8-15(12(24)3)17-10-26-19(22-17)23-18(25)14-6-5-13(20)9-16(14)21/h5-6,8-10H,4,7H2,1-3H3,(H,22,23,25). The molecule has 0 radical (unpaired) electrons. The molecule has 0 saturated heterocycles. The molecule has 2 aromatic heterocycles. The van der Waals surface area contributed by atoms with Crippen molar-refractivity contribution in [1.29, 1.82) is 0 Å². The molecular weight excluding hydrogens is 356 g/mol. The second-order valence-electron chi connectivity index (χ2n) is 6.05. The Morgan fingerprint density at radius 1 is 1.27 bits per heavy atom. The molecule has 0 fully saturated rings. The first-order chi connectivity index (χ1) is 12.4. The first kappa shape index (κ1) is 18.3. The highest BCUT2D eigenvalue weighted by Gasteiger charge is 2.16. The zero-order valence-electron chi connectivity index (χ0n) is 14.8. The second kappa shape index (κ2) is 7.37. The van der Waals surface area contributed by atoms with Crippen LogP contribution in [-0.2, 0) is 6.54 Å². The maximum Gasteiger partial charge on any atom is 0.260 e. The summed E-state index contributed by atoms with van der Waals surface area (Å²) in [5, 5.41) is 4.80. The predicted molar refractivity (Wildman–Crippen MR) is 99.6 cm³/mol. The highest BCUT2D eigenvalue weighted by atomic mass is 32.1. The van der Waals surface area contributed by atoms with Crippen LogP contribution >= 0.6 is 11.3 Å². The number of nitrogens with zero attached hydrogens (tertiary/aromatic N) is 2. The SMILES string of the molecule is CCCn1c(C)cc(-c2csc(NC(=O)c3ccc(F)cc3F)n2)c1C. The quantitative estimate of drug-likeness (QED) is 0.669. The fourth-order valence-electron chi connectivity index (χ4n) is 2.92. The number of anilines is 1. The second-order valence-corrected chi connectivity index (χ2v) is 6.91. The van der Waals surface area contributed by atoms with Crippen LogP contribution in [0.5, 0.6) is 0 Å². The van der Waals surface area contributed by atoms with Crippen LogP contribution in [0.2, 0.25) is 0 Å². The molecule has 1 amide bonds.